The Hall–Kier alpha value is -2.62. The van der Waals surface area contributed by atoms with E-state index < -0.39 is 0 Å². The first-order chi connectivity index (χ1) is 11.7. The molecule has 2 aromatic carbocycles. The van der Waals surface area contributed by atoms with Gasteiger partial charge in [-0.1, -0.05) is 54.6 Å². The topological polar surface area (TPSA) is 58.2 Å². The highest BCUT2D eigenvalue weighted by molar-refractivity contribution is 5.80. The summed E-state index contributed by atoms with van der Waals surface area (Å²) in [7, 11) is 0. The predicted octanol–water partition coefficient (Wildman–Crippen LogP) is 2.54. The number of hydrogen-bond acceptors (Lipinski definition) is 2. The van der Waals surface area contributed by atoms with Gasteiger partial charge in [0.25, 0.3) is 0 Å². The molecule has 2 aromatic rings. The molecule has 1 atom stereocenters. The van der Waals surface area contributed by atoms with Crippen molar-refractivity contribution >= 4 is 11.8 Å². The summed E-state index contributed by atoms with van der Waals surface area (Å²) in [6.45, 7) is 0.367. The van der Waals surface area contributed by atoms with Crippen LogP contribution in [0, 0.1) is 0 Å². The van der Waals surface area contributed by atoms with E-state index in [0.717, 1.165) is 18.4 Å². The summed E-state index contributed by atoms with van der Waals surface area (Å²) in [6.07, 6.45) is 2.61. The zero-order valence-electron chi connectivity index (χ0n) is 13.6. The largest absolute Gasteiger partial charge is 0.355 e. The summed E-state index contributed by atoms with van der Waals surface area (Å²) >= 11 is 0. The molecule has 1 aliphatic rings. The van der Waals surface area contributed by atoms with E-state index in [2.05, 4.69) is 22.8 Å². The first-order valence-electron chi connectivity index (χ1n) is 8.40. The van der Waals surface area contributed by atoms with Gasteiger partial charge < -0.3 is 10.6 Å². The van der Waals surface area contributed by atoms with Crippen LogP contribution in [0.5, 0.6) is 0 Å². The lowest BCUT2D eigenvalue weighted by Gasteiger charge is -2.14. The van der Waals surface area contributed by atoms with Crippen molar-refractivity contribution in [2.45, 2.75) is 31.7 Å². The number of hydrogen-bond donors (Lipinski definition) is 2. The minimum absolute atomic E-state index is 0.0169. The molecule has 0 saturated heterocycles. The van der Waals surface area contributed by atoms with Crippen LogP contribution >= 0.6 is 0 Å². The van der Waals surface area contributed by atoms with Gasteiger partial charge in [-0.15, -0.1) is 0 Å². The number of rotatable bonds is 6. The summed E-state index contributed by atoms with van der Waals surface area (Å²) in [5, 5.41) is 5.87. The molecule has 4 heteroatoms. The maximum Gasteiger partial charge on any atom is 0.224 e. The van der Waals surface area contributed by atoms with Crippen LogP contribution in [0.4, 0.5) is 0 Å². The highest BCUT2D eigenvalue weighted by Crippen LogP contribution is 2.30. The number of nitrogens with one attached hydrogen (secondary N) is 2. The summed E-state index contributed by atoms with van der Waals surface area (Å²) in [5.74, 6) is -0.0723. The summed E-state index contributed by atoms with van der Waals surface area (Å²) < 4.78 is 0. The van der Waals surface area contributed by atoms with E-state index in [1.165, 1.54) is 11.1 Å². The number of fused-ring (bicyclic) bond motifs is 1. The molecule has 124 valence electrons. The lowest BCUT2D eigenvalue weighted by molar-refractivity contribution is -0.122. The van der Waals surface area contributed by atoms with Crippen LogP contribution in [0.3, 0.4) is 0 Å². The molecule has 0 heterocycles. The minimum atomic E-state index is -0.0554. The Balaban J connectivity index is 1.40. The van der Waals surface area contributed by atoms with Gasteiger partial charge in [0.15, 0.2) is 0 Å². The molecular weight excluding hydrogens is 300 g/mol. The SMILES string of the molecule is O=C(Cc1ccccc1)NCCC(=O)NC1CCc2ccccc21. The second-order valence-corrected chi connectivity index (χ2v) is 6.12. The number of carbonyl (C=O) groups is 2. The molecular formula is C20H22N2O2. The highest BCUT2D eigenvalue weighted by atomic mass is 16.2. The van der Waals surface area contributed by atoms with E-state index in [1.807, 2.05) is 42.5 Å². The zero-order valence-corrected chi connectivity index (χ0v) is 13.6. The highest BCUT2D eigenvalue weighted by Gasteiger charge is 2.23. The van der Waals surface area contributed by atoms with Gasteiger partial charge in [-0.05, 0) is 29.5 Å². The van der Waals surface area contributed by atoms with Crippen molar-refractivity contribution in [2.24, 2.45) is 0 Å². The van der Waals surface area contributed by atoms with E-state index in [1.54, 1.807) is 0 Å². The quantitative estimate of drug-likeness (QED) is 0.858. The van der Waals surface area contributed by atoms with Crippen molar-refractivity contribution in [2.75, 3.05) is 6.54 Å². The first-order valence-corrected chi connectivity index (χ1v) is 8.40. The number of benzene rings is 2. The van der Waals surface area contributed by atoms with Gasteiger partial charge in [0.2, 0.25) is 11.8 Å². The summed E-state index contributed by atoms with van der Waals surface area (Å²) in [5.41, 5.74) is 3.51. The monoisotopic (exact) mass is 322 g/mol. The van der Waals surface area contributed by atoms with Gasteiger partial charge in [-0.2, -0.15) is 0 Å². The second-order valence-electron chi connectivity index (χ2n) is 6.12. The fourth-order valence-electron chi connectivity index (χ4n) is 3.13. The second kappa shape index (κ2) is 7.77. The van der Waals surface area contributed by atoms with Crippen LogP contribution in [0.2, 0.25) is 0 Å². The van der Waals surface area contributed by atoms with E-state index in [0.29, 0.717) is 19.4 Å². The molecule has 0 radical (unpaired) electrons. The Kier molecular flexibility index (Phi) is 5.26. The van der Waals surface area contributed by atoms with E-state index in [4.69, 9.17) is 0 Å². The van der Waals surface area contributed by atoms with Crippen LogP contribution in [-0.2, 0) is 22.4 Å². The third-order valence-electron chi connectivity index (χ3n) is 4.35. The molecule has 2 amide bonds. The third kappa shape index (κ3) is 4.22. The summed E-state index contributed by atoms with van der Waals surface area (Å²) in [6, 6.07) is 17.9. The maximum absolute atomic E-state index is 12.1. The molecule has 1 aliphatic carbocycles. The van der Waals surface area contributed by atoms with Crippen molar-refractivity contribution in [1.29, 1.82) is 0 Å². The fraction of sp³-hybridized carbons (Fsp3) is 0.300. The van der Waals surface area contributed by atoms with Crippen LogP contribution in [0.1, 0.15) is 35.6 Å². The number of aryl methyl sites for hydroxylation is 1. The minimum Gasteiger partial charge on any atom is -0.355 e. The van der Waals surface area contributed by atoms with Gasteiger partial charge in [-0.25, -0.2) is 0 Å². The van der Waals surface area contributed by atoms with E-state index in [9.17, 15) is 9.59 Å². The van der Waals surface area contributed by atoms with Gasteiger partial charge in [0.05, 0.1) is 12.5 Å². The molecule has 0 spiro atoms. The average molecular weight is 322 g/mol. The molecule has 1 unspecified atom stereocenters. The molecule has 0 saturated carbocycles. The van der Waals surface area contributed by atoms with Gasteiger partial charge in [0, 0.05) is 13.0 Å². The fourth-order valence-corrected chi connectivity index (χ4v) is 3.13. The van der Waals surface area contributed by atoms with Crippen LogP contribution in [-0.4, -0.2) is 18.4 Å². The standard InChI is InChI=1S/C20H22N2O2/c23-19(22-18-11-10-16-8-4-5-9-17(16)18)12-13-21-20(24)14-15-6-2-1-3-7-15/h1-9,18H,10-14H2,(H,21,24)(H,22,23). The van der Waals surface area contributed by atoms with Crippen molar-refractivity contribution in [3.05, 3.63) is 71.3 Å². The lowest BCUT2D eigenvalue weighted by Crippen LogP contribution is -2.32. The van der Waals surface area contributed by atoms with Gasteiger partial charge in [-0.3, -0.25) is 9.59 Å². The zero-order chi connectivity index (χ0) is 16.8. The maximum atomic E-state index is 12.1. The average Bonchev–Trinajstić information content (AvgIpc) is 2.99. The van der Waals surface area contributed by atoms with Crippen molar-refractivity contribution < 1.29 is 9.59 Å². The van der Waals surface area contributed by atoms with Crippen molar-refractivity contribution in [3.63, 3.8) is 0 Å². The number of carbonyl (C=O) groups excluding carboxylic acids is 2. The Morgan fingerprint density at radius 2 is 1.71 bits per heavy atom. The summed E-state index contributed by atoms with van der Waals surface area (Å²) in [4.78, 5) is 23.9. The lowest BCUT2D eigenvalue weighted by atomic mass is 10.1. The van der Waals surface area contributed by atoms with Crippen LogP contribution in [0.25, 0.3) is 0 Å². The Morgan fingerprint density at radius 3 is 2.54 bits per heavy atom. The van der Waals surface area contributed by atoms with Crippen molar-refractivity contribution in [1.82, 2.24) is 10.6 Å². The Labute approximate surface area is 142 Å². The smallest absolute Gasteiger partial charge is 0.224 e. The van der Waals surface area contributed by atoms with Crippen LogP contribution < -0.4 is 10.6 Å². The molecule has 0 fully saturated rings. The van der Waals surface area contributed by atoms with Crippen LogP contribution in [0.15, 0.2) is 54.6 Å². The van der Waals surface area contributed by atoms with E-state index >= 15 is 0 Å². The molecule has 0 aliphatic heterocycles. The van der Waals surface area contributed by atoms with Gasteiger partial charge >= 0.3 is 0 Å². The molecule has 2 N–H and O–H groups in total. The number of amides is 2. The Bertz CT molecular complexity index is 713. The molecule has 0 aromatic heterocycles. The first kappa shape index (κ1) is 16.2. The van der Waals surface area contributed by atoms with Gasteiger partial charge in [0.1, 0.15) is 0 Å². The predicted molar refractivity (Wildman–Crippen MR) is 93.4 cm³/mol. The molecule has 4 nitrogen and oxygen atoms in total. The molecule has 3 rings (SSSR count). The Morgan fingerprint density at radius 1 is 0.958 bits per heavy atom. The normalized spacial score (nSPS) is 15.6. The van der Waals surface area contributed by atoms with Crippen molar-refractivity contribution in [3.8, 4) is 0 Å². The van der Waals surface area contributed by atoms with E-state index in [-0.39, 0.29) is 17.9 Å². The molecule has 0 bridgehead atoms. The molecule has 24 heavy (non-hydrogen) atoms. The third-order valence-corrected chi connectivity index (χ3v) is 4.35.